The number of ether oxygens (including phenoxy) is 4. The summed E-state index contributed by atoms with van der Waals surface area (Å²) in [6.45, 7) is 20.9. The molecule has 4 aliphatic carbocycles. The van der Waals surface area contributed by atoms with Crippen molar-refractivity contribution in [2.75, 3.05) is 44.0 Å². The first-order valence-corrected chi connectivity index (χ1v) is 27.9. The number of benzene rings is 2. The highest BCUT2D eigenvalue weighted by Crippen LogP contribution is 2.72. The van der Waals surface area contributed by atoms with Gasteiger partial charge in [-0.3, -0.25) is 4.68 Å². The molecule has 4 bridgehead atoms. The van der Waals surface area contributed by atoms with Gasteiger partial charge in [-0.15, -0.1) is 0 Å². The molecule has 0 radical (unpaired) electrons. The van der Waals surface area contributed by atoms with Crippen molar-refractivity contribution in [1.82, 2.24) is 19.7 Å². The Kier molecular flexibility index (Phi) is 15.5. The summed E-state index contributed by atoms with van der Waals surface area (Å²) in [6.07, 6.45) is 3.50. The van der Waals surface area contributed by atoms with Crippen LogP contribution in [0.4, 0.5) is 23.8 Å². The minimum Gasteiger partial charge on any atom is -0.493 e. The summed E-state index contributed by atoms with van der Waals surface area (Å²) >= 11 is 0. The van der Waals surface area contributed by atoms with E-state index in [-0.39, 0.29) is 65.2 Å². The molecule has 0 spiro atoms. The zero-order valence-corrected chi connectivity index (χ0v) is 47.0. The Labute approximate surface area is 450 Å². The molecule has 3 atom stereocenters. The Hall–Kier alpha value is -5.73. The normalized spacial score (nSPS) is 23.9. The van der Waals surface area contributed by atoms with Crippen LogP contribution < -0.4 is 9.64 Å². The zero-order valence-electron chi connectivity index (χ0n) is 46.2. The molecule has 16 nitrogen and oxygen atoms in total. The van der Waals surface area contributed by atoms with Gasteiger partial charge in [-0.05, 0) is 153 Å². The lowest BCUT2D eigenvalue weighted by Gasteiger charge is -2.69. The number of aromatic carboxylic acids is 1. The average Bonchev–Trinajstić information content (AvgIpc) is 3.78. The second-order valence-corrected chi connectivity index (χ2v) is 26.6. The molecule has 1 aliphatic heterocycles. The van der Waals surface area contributed by atoms with Crippen molar-refractivity contribution in [2.45, 2.75) is 163 Å². The van der Waals surface area contributed by atoms with Crippen molar-refractivity contribution >= 4 is 34.0 Å². The van der Waals surface area contributed by atoms with Crippen molar-refractivity contribution in [2.24, 2.45) is 16.2 Å². The van der Waals surface area contributed by atoms with Gasteiger partial charge in [0.2, 0.25) is 0 Å². The number of pyridine rings is 1. The summed E-state index contributed by atoms with van der Waals surface area (Å²) < 4.78 is 100. The summed E-state index contributed by atoms with van der Waals surface area (Å²) in [4.78, 5) is 48.0. The number of aryl methyl sites for hydroxylation is 1. The summed E-state index contributed by atoms with van der Waals surface area (Å²) in [5.41, 5.74) is 1.34. The smallest absolute Gasteiger partial charge is 0.410 e. The number of carbonyl (C=O) groups excluding carboxylic acids is 2. The highest BCUT2D eigenvalue weighted by molar-refractivity contribution is 7.86. The van der Waals surface area contributed by atoms with E-state index in [1.165, 1.54) is 24.3 Å². The fourth-order valence-corrected chi connectivity index (χ4v) is 14.4. The summed E-state index contributed by atoms with van der Waals surface area (Å²) in [6, 6.07) is 11.3. The third kappa shape index (κ3) is 12.8. The number of carboxylic acid groups (broad SMARTS) is 1. The number of esters is 1. The van der Waals surface area contributed by atoms with E-state index >= 15 is 4.39 Å². The second-order valence-electron chi connectivity index (χ2n) is 24.9. The van der Waals surface area contributed by atoms with Gasteiger partial charge >= 0.3 is 30.3 Å². The first-order valence-electron chi connectivity index (χ1n) is 26.3. The molecular weight excluding hydrogens is 1020 g/mol. The van der Waals surface area contributed by atoms with Crippen LogP contribution in [0.3, 0.4) is 0 Å². The Morgan fingerprint density at radius 1 is 0.844 bits per heavy atom. The number of rotatable bonds is 19. The van der Waals surface area contributed by atoms with E-state index < -0.39 is 56.9 Å². The SMILES string of the molecule is Cc1ccc(C(F)(OS(=O)(=O)CCCOc2ccc(C(=O)O)c3c2CCN(c2ccc(-c4cnn(CC56CC7(C)CC(C)(C5)CC(OCCN(C)C(=O)OC(C)(C)C)(C7)C6)c4C)c(C(=O)OC(C)(C)C)n2)C3)C(F)F)cc1. The number of carboxylic acids is 1. The standard InChI is InChI=1S/C57H74F3N5O11S/c1-36-13-15-38(16-14-36)57(60,49(58)59)76-77(70,71)26-12-24-72-44-19-17-41(47(66)67)43-28-64(22-21-39(43)44)45-20-18-40(46(62-45)48(68)74-51(3,4)5)42-27-61-65(37(42)2)35-55-30-53(9)29-54(10,31-55)33-56(32-53,34-55)73-25-23-63(11)50(69)75-52(6,7)8/h13-20,27,49H,12,21-26,28-35H2,1-11H3,(H,66,67). The molecule has 77 heavy (non-hydrogen) atoms. The van der Waals surface area contributed by atoms with Crippen molar-refractivity contribution < 1.29 is 64.2 Å². The van der Waals surface area contributed by atoms with Crippen molar-refractivity contribution in [3.63, 3.8) is 0 Å². The number of anilines is 1. The Morgan fingerprint density at radius 2 is 1.51 bits per heavy atom. The van der Waals surface area contributed by atoms with Crippen LogP contribution in [-0.4, -0.2) is 114 Å². The molecule has 4 saturated carbocycles. The molecule has 1 N–H and O–H groups in total. The maximum Gasteiger partial charge on any atom is 0.410 e. The first-order chi connectivity index (χ1) is 35.7. The van der Waals surface area contributed by atoms with Crippen molar-refractivity contribution in [1.29, 1.82) is 0 Å². The molecule has 5 aliphatic rings. The molecule has 3 heterocycles. The van der Waals surface area contributed by atoms with Crippen molar-refractivity contribution in [3.05, 3.63) is 93.9 Å². The van der Waals surface area contributed by atoms with E-state index in [4.69, 9.17) is 29.0 Å². The fraction of sp³-hybridized carbons (Fsp3) is 0.596. The predicted octanol–water partition coefficient (Wildman–Crippen LogP) is 11.0. The van der Waals surface area contributed by atoms with Crippen LogP contribution in [0, 0.1) is 30.1 Å². The Balaban J connectivity index is 0.996. The number of carbonyl (C=O) groups is 3. The van der Waals surface area contributed by atoms with Crippen molar-refractivity contribution in [3.8, 4) is 16.9 Å². The lowest BCUT2D eigenvalue weighted by Crippen LogP contribution is -2.64. The van der Waals surface area contributed by atoms with Crippen LogP contribution in [0.25, 0.3) is 11.1 Å². The zero-order chi connectivity index (χ0) is 56.3. The van der Waals surface area contributed by atoms with Gasteiger partial charge in [0.1, 0.15) is 22.8 Å². The predicted molar refractivity (Wildman–Crippen MR) is 282 cm³/mol. The monoisotopic (exact) mass is 1090 g/mol. The summed E-state index contributed by atoms with van der Waals surface area (Å²) in [7, 11) is -3.09. The minimum absolute atomic E-state index is 0.00716. The van der Waals surface area contributed by atoms with Crippen LogP contribution >= 0.6 is 0 Å². The van der Waals surface area contributed by atoms with E-state index in [9.17, 15) is 36.7 Å². The van der Waals surface area contributed by atoms with Gasteiger partial charge in [-0.25, -0.2) is 32.3 Å². The van der Waals surface area contributed by atoms with Gasteiger partial charge in [-0.2, -0.15) is 17.9 Å². The molecule has 1 amide bonds. The molecule has 4 fully saturated rings. The Morgan fingerprint density at radius 3 is 2.13 bits per heavy atom. The highest BCUT2D eigenvalue weighted by atomic mass is 32.2. The van der Waals surface area contributed by atoms with Crippen LogP contribution in [0.5, 0.6) is 5.75 Å². The van der Waals surface area contributed by atoms with E-state index in [0.29, 0.717) is 65.6 Å². The highest BCUT2D eigenvalue weighted by Gasteiger charge is 2.66. The maximum absolute atomic E-state index is 15.5. The van der Waals surface area contributed by atoms with Gasteiger partial charge in [0.15, 0.2) is 5.69 Å². The second kappa shape index (κ2) is 20.8. The van der Waals surface area contributed by atoms with Gasteiger partial charge in [0.05, 0.1) is 36.3 Å². The van der Waals surface area contributed by atoms with E-state index in [0.717, 1.165) is 56.4 Å². The molecule has 0 saturated heterocycles. The topological polar surface area (TPSA) is 189 Å². The molecule has 2 aromatic heterocycles. The lowest BCUT2D eigenvalue weighted by molar-refractivity contribution is -0.248. The average molecular weight is 1090 g/mol. The van der Waals surface area contributed by atoms with E-state index in [2.05, 4.69) is 18.0 Å². The maximum atomic E-state index is 15.5. The van der Waals surface area contributed by atoms with Crippen LogP contribution in [0.15, 0.2) is 54.7 Å². The third-order valence-corrected chi connectivity index (χ3v) is 16.5. The molecular formula is C57H74F3N5O11S. The molecule has 9 rings (SSSR count). The molecule has 4 aromatic rings. The first kappa shape index (κ1) is 57.4. The lowest BCUT2D eigenvalue weighted by atomic mass is 9.39. The number of alkyl halides is 3. The third-order valence-electron chi connectivity index (χ3n) is 15.2. The van der Waals surface area contributed by atoms with Crippen LogP contribution in [0.1, 0.15) is 149 Å². The van der Waals surface area contributed by atoms with E-state index in [1.807, 2.05) is 43.3 Å². The number of fused-ring (bicyclic) bond motifs is 1. The Bertz CT molecular complexity index is 2990. The van der Waals surface area contributed by atoms with Gasteiger partial charge in [-0.1, -0.05) is 43.7 Å². The fourth-order valence-electron chi connectivity index (χ4n) is 13.3. The van der Waals surface area contributed by atoms with Gasteiger partial charge in [0.25, 0.3) is 10.1 Å². The van der Waals surface area contributed by atoms with Crippen LogP contribution in [-0.2, 0) is 53.9 Å². The van der Waals surface area contributed by atoms with Gasteiger partial charge in [0, 0.05) is 61.2 Å². The number of halogens is 3. The number of aromatic nitrogens is 3. The summed E-state index contributed by atoms with van der Waals surface area (Å²) in [5, 5.41) is 15.3. The number of likely N-dealkylation sites (N-methyl/N-ethyl adjacent to an activating group) is 1. The number of amides is 1. The number of nitrogens with zero attached hydrogens (tertiary/aromatic N) is 5. The number of hydrogen-bond donors (Lipinski definition) is 1. The molecule has 2 aromatic carbocycles. The number of hydrogen-bond acceptors (Lipinski definition) is 13. The molecule has 420 valence electrons. The van der Waals surface area contributed by atoms with E-state index in [1.54, 1.807) is 51.9 Å². The molecule has 3 unspecified atom stereocenters. The summed E-state index contributed by atoms with van der Waals surface area (Å²) in [5.74, 6) is -5.87. The largest absolute Gasteiger partial charge is 0.493 e. The quantitative estimate of drug-likeness (QED) is 0.0530. The van der Waals surface area contributed by atoms with Crippen LogP contribution in [0.2, 0.25) is 0 Å². The minimum atomic E-state index is -4.82. The molecule has 20 heteroatoms. The van der Waals surface area contributed by atoms with Gasteiger partial charge < -0.3 is 33.9 Å².